The van der Waals surface area contributed by atoms with Gasteiger partial charge in [-0.05, 0) is 49.6 Å². The van der Waals surface area contributed by atoms with E-state index >= 15 is 0 Å². The maximum absolute atomic E-state index is 4.45. The molecule has 0 aliphatic rings. The van der Waals surface area contributed by atoms with E-state index in [4.69, 9.17) is 0 Å². The van der Waals surface area contributed by atoms with Crippen LogP contribution in [0.15, 0.2) is 49.2 Å². The zero-order valence-electron chi connectivity index (χ0n) is 13.2. The fourth-order valence-electron chi connectivity index (χ4n) is 2.72. The number of pyridine rings is 1. The summed E-state index contributed by atoms with van der Waals surface area (Å²) in [6, 6.07) is 8.48. The van der Waals surface area contributed by atoms with Crippen LogP contribution in [0.3, 0.4) is 0 Å². The van der Waals surface area contributed by atoms with Gasteiger partial charge in [-0.15, -0.1) is 0 Å². The number of aryl methyl sites for hydroxylation is 3. The fourth-order valence-corrected chi connectivity index (χ4v) is 2.72. The maximum Gasteiger partial charge on any atom is 0.137 e. The standard InChI is InChI=1S/C18H20N4/c1-13-8-14(2)17(15(3)9-13)11-20-16-4-5-18(21-10-16)22-7-6-19-12-22/h4-10,12,20H,11H2,1-3H3. The second kappa shape index (κ2) is 6.02. The van der Waals surface area contributed by atoms with Gasteiger partial charge in [0.15, 0.2) is 0 Å². The zero-order chi connectivity index (χ0) is 15.5. The van der Waals surface area contributed by atoms with Crippen LogP contribution in [0.25, 0.3) is 5.82 Å². The van der Waals surface area contributed by atoms with Crippen LogP contribution in [-0.4, -0.2) is 14.5 Å². The molecule has 4 nitrogen and oxygen atoms in total. The van der Waals surface area contributed by atoms with Gasteiger partial charge in [-0.1, -0.05) is 17.7 Å². The van der Waals surface area contributed by atoms with Crippen LogP contribution in [0, 0.1) is 20.8 Å². The number of nitrogens with zero attached hydrogens (tertiary/aromatic N) is 3. The van der Waals surface area contributed by atoms with Crippen LogP contribution in [0.1, 0.15) is 22.3 Å². The molecule has 1 N–H and O–H groups in total. The van der Waals surface area contributed by atoms with E-state index in [0.29, 0.717) is 0 Å². The second-order valence-corrected chi connectivity index (χ2v) is 5.61. The van der Waals surface area contributed by atoms with Crippen LogP contribution >= 0.6 is 0 Å². The lowest BCUT2D eigenvalue weighted by Gasteiger charge is -2.13. The molecule has 0 fully saturated rings. The summed E-state index contributed by atoms with van der Waals surface area (Å²) >= 11 is 0. The molecule has 0 spiro atoms. The average Bonchev–Trinajstić information content (AvgIpc) is 3.01. The molecule has 0 aliphatic carbocycles. The molecule has 0 radical (unpaired) electrons. The molecule has 0 bridgehead atoms. The van der Waals surface area contributed by atoms with Crippen molar-refractivity contribution in [2.24, 2.45) is 0 Å². The summed E-state index contributed by atoms with van der Waals surface area (Å²) in [7, 11) is 0. The van der Waals surface area contributed by atoms with E-state index in [1.807, 2.05) is 29.1 Å². The normalized spacial score (nSPS) is 10.7. The van der Waals surface area contributed by atoms with Crippen molar-refractivity contribution in [1.29, 1.82) is 0 Å². The van der Waals surface area contributed by atoms with E-state index in [0.717, 1.165) is 18.1 Å². The van der Waals surface area contributed by atoms with E-state index in [1.54, 1.807) is 12.5 Å². The van der Waals surface area contributed by atoms with Gasteiger partial charge in [-0.2, -0.15) is 0 Å². The number of hydrogen-bond donors (Lipinski definition) is 1. The Balaban J connectivity index is 1.72. The van der Waals surface area contributed by atoms with Crippen molar-refractivity contribution >= 4 is 5.69 Å². The Kier molecular flexibility index (Phi) is 3.92. The lowest BCUT2D eigenvalue weighted by Crippen LogP contribution is -2.05. The molecule has 0 saturated heterocycles. The molecule has 3 aromatic rings. The molecule has 2 heterocycles. The van der Waals surface area contributed by atoms with Crippen molar-refractivity contribution in [3.63, 3.8) is 0 Å². The molecule has 22 heavy (non-hydrogen) atoms. The van der Waals surface area contributed by atoms with Gasteiger partial charge in [0, 0.05) is 18.9 Å². The van der Waals surface area contributed by atoms with Crippen molar-refractivity contribution in [1.82, 2.24) is 14.5 Å². The van der Waals surface area contributed by atoms with Gasteiger partial charge in [-0.25, -0.2) is 9.97 Å². The first-order valence-electron chi connectivity index (χ1n) is 7.38. The second-order valence-electron chi connectivity index (χ2n) is 5.61. The summed E-state index contributed by atoms with van der Waals surface area (Å²) in [6.07, 6.45) is 7.23. The summed E-state index contributed by atoms with van der Waals surface area (Å²) in [4.78, 5) is 8.48. The molecule has 112 valence electrons. The van der Waals surface area contributed by atoms with Gasteiger partial charge in [0.05, 0.1) is 11.9 Å². The van der Waals surface area contributed by atoms with Crippen molar-refractivity contribution < 1.29 is 0 Å². The Labute approximate surface area is 130 Å². The van der Waals surface area contributed by atoms with Crippen LogP contribution < -0.4 is 5.32 Å². The maximum atomic E-state index is 4.45. The molecule has 2 aromatic heterocycles. The van der Waals surface area contributed by atoms with Crippen LogP contribution in [0.2, 0.25) is 0 Å². The number of nitrogens with one attached hydrogen (secondary N) is 1. The van der Waals surface area contributed by atoms with Crippen LogP contribution in [0.4, 0.5) is 5.69 Å². The van der Waals surface area contributed by atoms with E-state index < -0.39 is 0 Å². The van der Waals surface area contributed by atoms with Gasteiger partial charge in [0.25, 0.3) is 0 Å². The van der Waals surface area contributed by atoms with Crippen molar-refractivity contribution in [2.45, 2.75) is 27.3 Å². The Morgan fingerprint density at radius 1 is 1.09 bits per heavy atom. The zero-order valence-corrected chi connectivity index (χ0v) is 13.2. The third kappa shape index (κ3) is 3.01. The van der Waals surface area contributed by atoms with Gasteiger partial charge in [0.1, 0.15) is 12.1 Å². The number of imidazole rings is 1. The van der Waals surface area contributed by atoms with Crippen molar-refractivity contribution in [3.05, 3.63) is 71.4 Å². The van der Waals surface area contributed by atoms with Gasteiger partial charge in [-0.3, -0.25) is 4.57 Å². The minimum absolute atomic E-state index is 0.810. The molecule has 0 aliphatic heterocycles. The lowest BCUT2D eigenvalue weighted by atomic mass is 10.00. The monoisotopic (exact) mass is 292 g/mol. The van der Waals surface area contributed by atoms with Crippen LogP contribution in [0.5, 0.6) is 0 Å². The first-order chi connectivity index (χ1) is 10.6. The number of anilines is 1. The highest BCUT2D eigenvalue weighted by Gasteiger charge is 2.04. The molecular weight excluding hydrogens is 272 g/mol. The van der Waals surface area contributed by atoms with Crippen LogP contribution in [-0.2, 0) is 6.54 Å². The third-order valence-corrected chi connectivity index (χ3v) is 3.83. The van der Waals surface area contributed by atoms with E-state index in [1.165, 1.54) is 22.3 Å². The minimum Gasteiger partial charge on any atom is -0.380 e. The van der Waals surface area contributed by atoms with E-state index in [2.05, 4.69) is 48.2 Å². The highest BCUT2D eigenvalue weighted by atomic mass is 15.1. The van der Waals surface area contributed by atoms with Gasteiger partial charge < -0.3 is 5.32 Å². The average molecular weight is 292 g/mol. The summed E-state index contributed by atoms with van der Waals surface area (Å²) < 4.78 is 1.89. The molecular formula is C18H20N4. The first-order valence-corrected chi connectivity index (χ1v) is 7.38. The number of aromatic nitrogens is 3. The minimum atomic E-state index is 0.810. The molecule has 0 saturated carbocycles. The molecule has 4 heteroatoms. The molecule has 0 atom stereocenters. The quantitative estimate of drug-likeness (QED) is 0.795. The first kappa shape index (κ1) is 14.3. The van der Waals surface area contributed by atoms with E-state index in [-0.39, 0.29) is 0 Å². The Morgan fingerprint density at radius 3 is 2.45 bits per heavy atom. The van der Waals surface area contributed by atoms with Crippen molar-refractivity contribution in [3.8, 4) is 5.82 Å². The topological polar surface area (TPSA) is 42.7 Å². The number of benzene rings is 1. The summed E-state index contributed by atoms with van der Waals surface area (Å²) in [5.74, 6) is 0.866. The highest BCUT2D eigenvalue weighted by molar-refractivity contribution is 5.46. The summed E-state index contributed by atoms with van der Waals surface area (Å²) in [6.45, 7) is 7.27. The molecule has 0 unspecified atom stereocenters. The summed E-state index contributed by atoms with van der Waals surface area (Å²) in [5, 5.41) is 3.45. The molecule has 0 amide bonds. The van der Waals surface area contributed by atoms with E-state index in [9.17, 15) is 0 Å². The van der Waals surface area contributed by atoms with Gasteiger partial charge in [0.2, 0.25) is 0 Å². The Bertz CT molecular complexity index is 735. The summed E-state index contributed by atoms with van der Waals surface area (Å²) in [5.41, 5.74) is 6.33. The number of rotatable bonds is 4. The highest BCUT2D eigenvalue weighted by Crippen LogP contribution is 2.18. The largest absolute Gasteiger partial charge is 0.380 e. The SMILES string of the molecule is Cc1cc(C)c(CNc2ccc(-n3ccnc3)nc2)c(C)c1. The Hall–Kier alpha value is -2.62. The predicted molar refractivity (Wildman–Crippen MR) is 89.3 cm³/mol. The fraction of sp³-hybridized carbons (Fsp3) is 0.222. The van der Waals surface area contributed by atoms with Gasteiger partial charge >= 0.3 is 0 Å². The molecule has 1 aromatic carbocycles. The lowest BCUT2D eigenvalue weighted by molar-refractivity contribution is 0.989. The Morgan fingerprint density at radius 2 is 1.86 bits per heavy atom. The molecule has 3 rings (SSSR count). The van der Waals surface area contributed by atoms with Crippen molar-refractivity contribution in [2.75, 3.05) is 5.32 Å². The smallest absolute Gasteiger partial charge is 0.137 e. The third-order valence-electron chi connectivity index (χ3n) is 3.83. The number of hydrogen-bond acceptors (Lipinski definition) is 3. The predicted octanol–water partition coefficient (Wildman–Crippen LogP) is 3.80.